The first kappa shape index (κ1) is 23.5. The first-order valence-corrected chi connectivity index (χ1v) is 10.9. The van der Waals surface area contributed by atoms with E-state index in [2.05, 4.69) is 27.9 Å². The van der Waals surface area contributed by atoms with E-state index < -0.39 is 6.04 Å². The number of amides is 2. The van der Waals surface area contributed by atoms with E-state index in [1.54, 1.807) is 19.1 Å². The van der Waals surface area contributed by atoms with E-state index in [-0.39, 0.29) is 18.4 Å². The van der Waals surface area contributed by atoms with Gasteiger partial charge in [-0.1, -0.05) is 37.6 Å². The van der Waals surface area contributed by atoms with Gasteiger partial charge in [0.15, 0.2) is 6.61 Å². The molecule has 1 N–H and O–H groups in total. The minimum atomic E-state index is -0.628. The lowest BCUT2D eigenvalue weighted by atomic mass is 10.1. The van der Waals surface area contributed by atoms with Gasteiger partial charge in [-0.3, -0.25) is 9.59 Å². The van der Waals surface area contributed by atoms with Gasteiger partial charge in [0.25, 0.3) is 5.91 Å². The molecule has 0 aliphatic rings. The zero-order valence-corrected chi connectivity index (χ0v) is 19.7. The van der Waals surface area contributed by atoms with Crippen LogP contribution < -0.4 is 10.1 Å². The molecule has 2 aromatic rings. The Balaban J connectivity index is 2.10. The van der Waals surface area contributed by atoms with Gasteiger partial charge in [-0.05, 0) is 77.4 Å². The summed E-state index contributed by atoms with van der Waals surface area (Å²) in [6.45, 7) is 6.49. The Morgan fingerprint density at radius 2 is 1.69 bits per heavy atom. The molecule has 0 unspecified atom stereocenters. The molecule has 0 heterocycles. The van der Waals surface area contributed by atoms with Crippen molar-refractivity contribution in [1.82, 2.24) is 10.2 Å². The number of carbonyl (C=O) groups is 2. The third kappa shape index (κ3) is 7.85. The van der Waals surface area contributed by atoms with Gasteiger partial charge in [0.05, 0.1) is 0 Å². The van der Waals surface area contributed by atoms with E-state index in [9.17, 15) is 9.59 Å². The molecule has 0 fully saturated rings. The molecule has 2 rings (SSSR count). The number of halogens is 2. The number of nitrogens with zero attached hydrogens (tertiary/aromatic N) is 1. The molecule has 0 aliphatic heterocycles. The summed E-state index contributed by atoms with van der Waals surface area (Å²) in [7, 11) is 0. The second-order valence-corrected chi connectivity index (χ2v) is 8.89. The normalized spacial score (nSPS) is 11.8. The third-order valence-electron chi connectivity index (χ3n) is 4.29. The molecule has 5 nitrogen and oxygen atoms in total. The van der Waals surface area contributed by atoms with E-state index in [1.165, 1.54) is 4.90 Å². The summed E-state index contributed by atoms with van der Waals surface area (Å²) in [4.78, 5) is 27.0. The van der Waals surface area contributed by atoms with Crippen molar-refractivity contribution in [3.8, 4) is 5.75 Å². The highest BCUT2D eigenvalue weighted by atomic mass is 127. The summed E-state index contributed by atoms with van der Waals surface area (Å²) in [6.07, 6.45) is 0. The predicted molar refractivity (Wildman–Crippen MR) is 124 cm³/mol. The molecule has 2 amide bonds. The van der Waals surface area contributed by atoms with Gasteiger partial charge >= 0.3 is 0 Å². The maximum atomic E-state index is 12.9. The lowest BCUT2D eigenvalue weighted by Gasteiger charge is -2.29. The Labute approximate surface area is 190 Å². The van der Waals surface area contributed by atoms with Crippen molar-refractivity contribution in [1.29, 1.82) is 0 Å². The van der Waals surface area contributed by atoms with Crippen molar-refractivity contribution in [2.24, 2.45) is 5.92 Å². The van der Waals surface area contributed by atoms with Gasteiger partial charge in [0.1, 0.15) is 11.8 Å². The highest BCUT2D eigenvalue weighted by molar-refractivity contribution is 14.1. The van der Waals surface area contributed by atoms with Crippen LogP contribution in [-0.4, -0.2) is 35.9 Å². The Morgan fingerprint density at radius 1 is 1.07 bits per heavy atom. The molecule has 2 aromatic carbocycles. The van der Waals surface area contributed by atoms with Crippen LogP contribution in [-0.2, 0) is 16.1 Å². The molecular formula is C22H26ClIN2O3. The third-order valence-corrected chi connectivity index (χ3v) is 5.27. The Kier molecular flexibility index (Phi) is 9.23. The van der Waals surface area contributed by atoms with Crippen LogP contribution in [0.15, 0.2) is 48.5 Å². The molecule has 0 spiro atoms. The fourth-order valence-electron chi connectivity index (χ4n) is 2.58. The van der Waals surface area contributed by atoms with Crippen LogP contribution in [0.25, 0.3) is 0 Å². The zero-order valence-electron chi connectivity index (χ0n) is 16.8. The highest BCUT2D eigenvalue weighted by Crippen LogP contribution is 2.16. The summed E-state index contributed by atoms with van der Waals surface area (Å²) in [5.74, 6) is 0.499. The maximum absolute atomic E-state index is 12.9. The molecule has 1 atom stereocenters. The molecule has 0 bridgehead atoms. The summed E-state index contributed by atoms with van der Waals surface area (Å²) < 4.78 is 6.73. The summed E-state index contributed by atoms with van der Waals surface area (Å²) in [6, 6.07) is 14.1. The van der Waals surface area contributed by atoms with Gasteiger partial charge in [-0.15, -0.1) is 0 Å². The van der Waals surface area contributed by atoms with Crippen molar-refractivity contribution in [2.75, 3.05) is 13.2 Å². The first-order chi connectivity index (χ1) is 13.8. The van der Waals surface area contributed by atoms with Gasteiger partial charge in [-0.25, -0.2) is 0 Å². The molecule has 0 radical (unpaired) electrons. The van der Waals surface area contributed by atoms with Crippen LogP contribution >= 0.6 is 34.2 Å². The summed E-state index contributed by atoms with van der Waals surface area (Å²) in [5.41, 5.74) is 0.889. The second-order valence-electron chi connectivity index (χ2n) is 7.21. The number of ether oxygens (including phenoxy) is 1. The first-order valence-electron chi connectivity index (χ1n) is 9.46. The number of benzene rings is 2. The lowest BCUT2D eigenvalue weighted by molar-refractivity contribution is -0.142. The Hall–Kier alpha value is -1.80. The van der Waals surface area contributed by atoms with E-state index in [4.69, 9.17) is 16.3 Å². The predicted octanol–water partition coefficient (Wildman–Crippen LogP) is 4.51. The summed E-state index contributed by atoms with van der Waals surface area (Å²) >= 11 is 8.17. The second kappa shape index (κ2) is 11.4. The minimum absolute atomic E-state index is 0.143. The topological polar surface area (TPSA) is 58.6 Å². The number of hydrogen-bond donors (Lipinski definition) is 1. The average Bonchev–Trinajstić information content (AvgIpc) is 2.70. The molecular weight excluding hydrogens is 503 g/mol. The fourth-order valence-corrected chi connectivity index (χ4v) is 3.07. The fraction of sp³-hybridized carbons (Fsp3) is 0.364. The van der Waals surface area contributed by atoms with Crippen molar-refractivity contribution < 1.29 is 14.3 Å². The van der Waals surface area contributed by atoms with Crippen LogP contribution in [0, 0.1) is 9.49 Å². The maximum Gasteiger partial charge on any atom is 0.261 e. The zero-order chi connectivity index (χ0) is 21.4. The van der Waals surface area contributed by atoms with Crippen LogP contribution in [0.1, 0.15) is 26.3 Å². The number of hydrogen-bond acceptors (Lipinski definition) is 3. The largest absolute Gasteiger partial charge is 0.484 e. The van der Waals surface area contributed by atoms with Crippen LogP contribution in [0.2, 0.25) is 5.02 Å². The lowest BCUT2D eigenvalue weighted by Crippen LogP contribution is -2.49. The van der Waals surface area contributed by atoms with E-state index in [0.717, 1.165) is 9.13 Å². The molecule has 0 saturated heterocycles. The quantitative estimate of drug-likeness (QED) is 0.487. The molecule has 29 heavy (non-hydrogen) atoms. The van der Waals surface area contributed by atoms with Gasteiger partial charge in [0, 0.05) is 21.7 Å². The van der Waals surface area contributed by atoms with Crippen LogP contribution in [0.3, 0.4) is 0 Å². The van der Waals surface area contributed by atoms with Crippen molar-refractivity contribution in [3.05, 3.63) is 62.7 Å². The molecule has 0 aromatic heterocycles. The minimum Gasteiger partial charge on any atom is -0.484 e. The Bertz CT molecular complexity index is 810. The van der Waals surface area contributed by atoms with Gasteiger partial charge < -0.3 is 15.0 Å². The molecule has 0 saturated carbocycles. The van der Waals surface area contributed by atoms with Gasteiger partial charge in [0.2, 0.25) is 5.91 Å². The van der Waals surface area contributed by atoms with Crippen molar-refractivity contribution >= 4 is 46.0 Å². The monoisotopic (exact) mass is 528 g/mol. The van der Waals surface area contributed by atoms with Crippen LogP contribution in [0.5, 0.6) is 5.75 Å². The number of nitrogens with one attached hydrogen (secondary N) is 1. The van der Waals surface area contributed by atoms with E-state index >= 15 is 0 Å². The molecule has 156 valence electrons. The number of carbonyl (C=O) groups excluding carboxylic acids is 2. The SMILES string of the molecule is CC(C)CNC(=O)[C@@H](C)N(Cc1ccc(Cl)cc1)C(=O)COc1ccc(I)cc1. The molecule has 7 heteroatoms. The summed E-state index contributed by atoms with van der Waals surface area (Å²) in [5, 5.41) is 3.52. The van der Waals surface area contributed by atoms with E-state index in [0.29, 0.717) is 29.8 Å². The van der Waals surface area contributed by atoms with Crippen molar-refractivity contribution in [3.63, 3.8) is 0 Å². The Morgan fingerprint density at radius 3 is 2.28 bits per heavy atom. The smallest absolute Gasteiger partial charge is 0.261 e. The van der Waals surface area contributed by atoms with Crippen LogP contribution in [0.4, 0.5) is 0 Å². The standard InChI is InChI=1S/C22H26ClIN2O3/c1-15(2)12-25-22(28)16(3)26(13-17-4-6-18(23)7-5-17)21(27)14-29-20-10-8-19(24)9-11-20/h4-11,15-16H,12-14H2,1-3H3,(H,25,28)/t16-/m1/s1. The van der Waals surface area contributed by atoms with E-state index in [1.807, 2.05) is 50.2 Å². The molecule has 0 aliphatic carbocycles. The van der Waals surface area contributed by atoms with Gasteiger partial charge in [-0.2, -0.15) is 0 Å². The van der Waals surface area contributed by atoms with Crippen molar-refractivity contribution in [2.45, 2.75) is 33.4 Å². The number of rotatable bonds is 9. The average molecular weight is 529 g/mol. The highest BCUT2D eigenvalue weighted by Gasteiger charge is 2.26.